The quantitative estimate of drug-likeness (QED) is 0.674. The number of nitrogens with zero attached hydrogens (tertiary/aromatic N) is 3. The Morgan fingerprint density at radius 1 is 1.43 bits per heavy atom. The van der Waals surface area contributed by atoms with Crippen LogP contribution in [0.2, 0.25) is 0 Å². The average molecular weight is 379 g/mol. The molecule has 3 aromatic rings. The van der Waals surface area contributed by atoms with Crippen LogP contribution in [0, 0.1) is 0 Å². The summed E-state index contributed by atoms with van der Waals surface area (Å²) in [6.07, 6.45) is 4.64. The Morgan fingerprint density at radius 3 is 2.93 bits per heavy atom. The van der Waals surface area contributed by atoms with E-state index in [4.69, 9.17) is 10.5 Å². The number of carbonyl (C=O) groups is 2. The van der Waals surface area contributed by atoms with Gasteiger partial charge < -0.3 is 20.4 Å². The first-order valence-electron chi connectivity index (χ1n) is 8.95. The number of hydrogen-bond donors (Lipinski definition) is 2. The maximum Gasteiger partial charge on any atom is 0.250 e. The van der Waals surface area contributed by atoms with Crippen LogP contribution in [0.4, 0.5) is 0 Å². The molecule has 1 aromatic carbocycles. The Labute approximate surface area is 161 Å². The van der Waals surface area contributed by atoms with Crippen LogP contribution in [0.5, 0.6) is 0 Å². The van der Waals surface area contributed by atoms with Gasteiger partial charge in [0.2, 0.25) is 5.91 Å². The third-order valence-electron chi connectivity index (χ3n) is 5.01. The number of aromatic amines is 1. The molecule has 8 heteroatoms. The monoisotopic (exact) mass is 379 g/mol. The van der Waals surface area contributed by atoms with E-state index < -0.39 is 5.91 Å². The summed E-state index contributed by atoms with van der Waals surface area (Å²) in [5.41, 5.74) is 9.25. The predicted molar refractivity (Wildman–Crippen MR) is 104 cm³/mol. The van der Waals surface area contributed by atoms with Gasteiger partial charge in [-0.3, -0.25) is 14.3 Å². The molecule has 1 aliphatic heterocycles. The van der Waals surface area contributed by atoms with E-state index in [1.54, 1.807) is 21.8 Å². The van der Waals surface area contributed by atoms with Crippen molar-refractivity contribution in [3.63, 3.8) is 0 Å². The lowest BCUT2D eigenvalue weighted by molar-refractivity contribution is -0.133. The van der Waals surface area contributed by atoms with Gasteiger partial charge in [-0.05, 0) is 23.8 Å². The van der Waals surface area contributed by atoms with Crippen molar-refractivity contribution in [3.8, 4) is 11.3 Å². The van der Waals surface area contributed by atoms with Gasteiger partial charge in [0.05, 0.1) is 30.4 Å². The van der Waals surface area contributed by atoms with Crippen molar-refractivity contribution >= 4 is 22.7 Å². The number of aryl methyl sites for hydroxylation is 1. The molecule has 1 aliphatic rings. The number of rotatable bonds is 4. The molecule has 0 aliphatic carbocycles. The van der Waals surface area contributed by atoms with E-state index in [0.717, 1.165) is 22.2 Å². The summed E-state index contributed by atoms with van der Waals surface area (Å²) in [6.45, 7) is 4.94. The number of amides is 2. The molecule has 0 bridgehead atoms. The molecule has 1 atom stereocenters. The highest BCUT2D eigenvalue weighted by molar-refractivity contribution is 6.07. The van der Waals surface area contributed by atoms with Crippen molar-refractivity contribution in [3.05, 3.63) is 54.4 Å². The molecular formula is C20H21N5O3. The second-order valence-corrected chi connectivity index (χ2v) is 6.79. The van der Waals surface area contributed by atoms with Crippen molar-refractivity contribution in [1.29, 1.82) is 0 Å². The molecule has 0 unspecified atom stereocenters. The zero-order valence-electron chi connectivity index (χ0n) is 15.5. The van der Waals surface area contributed by atoms with Crippen LogP contribution >= 0.6 is 0 Å². The van der Waals surface area contributed by atoms with Crippen LogP contribution in [0.15, 0.2) is 43.2 Å². The second-order valence-electron chi connectivity index (χ2n) is 6.79. The first kappa shape index (κ1) is 18.0. The SMILES string of the molecule is C=CC(=O)N1CCO[C@H](c2ccc(C(N)=O)c3[nH]c(-c4cnn(C)c4)cc23)C1. The van der Waals surface area contributed by atoms with E-state index in [1.807, 2.05) is 25.4 Å². The fraction of sp³-hybridized carbons (Fsp3) is 0.250. The van der Waals surface area contributed by atoms with E-state index in [0.29, 0.717) is 30.8 Å². The van der Waals surface area contributed by atoms with Crippen LogP contribution in [0.1, 0.15) is 22.0 Å². The number of morpholine rings is 1. The standard InChI is InChI=1S/C20H21N5O3/c1-3-18(26)25-6-7-28-17(11-25)13-4-5-14(20(21)27)19-15(13)8-16(23-19)12-9-22-24(2)10-12/h3-5,8-10,17,23H,1,6-7,11H2,2H3,(H2,21,27)/t17-/m0/s1. The maximum atomic E-state index is 12.0. The normalized spacial score (nSPS) is 17.0. The van der Waals surface area contributed by atoms with Crippen LogP contribution in [-0.4, -0.2) is 51.2 Å². The molecule has 2 aromatic heterocycles. The predicted octanol–water partition coefficient (Wildman–Crippen LogP) is 1.75. The summed E-state index contributed by atoms with van der Waals surface area (Å²) in [5.74, 6) is -0.632. The maximum absolute atomic E-state index is 12.0. The van der Waals surface area contributed by atoms with Gasteiger partial charge in [-0.2, -0.15) is 5.10 Å². The van der Waals surface area contributed by atoms with Gasteiger partial charge in [0, 0.05) is 36.4 Å². The van der Waals surface area contributed by atoms with E-state index in [2.05, 4.69) is 16.7 Å². The number of ether oxygens (including phenoxy) is 1. The van der Waals surface area contributed by atoms with Gasteiger partial charge in [0.25, 0.3) is 5.91 Å². The van der Waals surface area contributed by atoms with Crippen LogP contribution in [0.3, 0.4) is 0 Å². The van der Waals surface area contributed by atoms with Crippen molar-refractivity contribution < 1.29 is 14.3 Å². The molecule has 1 fully saturated rings. The van der Waals surface area contributed by atoms with Gasteiger partial charge >= 0.3 is 0 Å². The van der Waals surface area contributed by atoms with Gasteiger partial charge in [-0.15, -0.1) is 0 Å². The molecule has 0 saturated carbocycles. The van der Waals surface area contributed by atoms with E-state index in [1.165, 1.54) is 6.08 Å². The lowest BCUT2D eigenvalue weighted by atomic mass is 9.99. The first-order chi connectivity index (χ1) is 13.5. The minimum absolute atomic E-state index is 0.122. The van der Waals surface area contributed by atoms with Crippen LogP contribution in [-0.2, 0) is 16.6 Å². The molecule has 0 spiro atoms. The molecule has 3 N–H and O–H groups in total. The largest absolute Gasteiger partial charge is 0.370 e. The van der Waals surface area contributed by atoms with Gasteiger partial charge in [0.15, 0.2) is 0 Å². The molecule has 2 amide bonds. The lowest BCUT2D eigenvalue weighted by Gasteiger charge is -2.33. The number of carbonyl (C=O) groups excluding carboxylic acids is 2. The minimum Gasteiger partial charge on any atom is -0.370 e. The molecule has 3 heterocycles. The highest BCUT2D eigenvalue weighted by atomic mass is 16.5. The topological polar surface area (TPSA) is 106 Å². The highest BCUT2D eigenvalue weighted by Gasteiger charge is 2.27. The number of benzene rings is 1. The van der Waals surface area contributed by atoms with Crippen molar-refractivity contribution in [2.75, 3.05) is 19.7 Å². The van der Waals surface area contributed by atoms with Crippen LogP contribution < -0.4 is 5.73 Å². The minimum atomic E-state index is -0.510. The summed E-state index contributed by atoms with van der Waals surface area (Å²) in [5, 5.41) is 5.04. The van der Waals surface area contributed by atoms with E-state index in [9.17, 15) is 9.59 Å². The van der Waals surface area contributed by atoms with Gasteiger partial charge in [-0.1, -0.05) is 12.6 Å². The van der Waals surface area contributed by atoms with Gasteiger partial charge in [-0.25, -0.2) is 0 Å². The van der Waals surface area contributed by atoms with Crippen molar-refractivity contribution in [2.24, 2.45) is 12.8 Å². The number of H-pyrrole nitrogens is 1. The summed E-state index contributed by atoms with van der Waals surface area (Å²) in [7, 11) is 1.84. The van der Waals surface area contributed by atoms with E-state index >= 15 is 0 Å². The third kappa shape index (κ3) is 3.07. The zero-order valence-corrected chi connectivity index (χ0v) is 15.5. The fourth-order valence-electron chi connectivity index (χ4n) is 3.61. The number of primary amides is 1. The Balaban J connectivity index is 1.81. The smallest absolute Gasteiger partial charge is 0.250 e. The van der Waals surface area contributed by atoms with Crippen molar-refractivity contribution in [1.82, 2.24) is 19.7 Å². The zero-order chi connectivity index (χ0) is 19.8. The van der Waals surface area contributed by atoms with E-state index in [-0.39, 0.29) is 12.0 Å². The van der Waals surface area contributed by atoms with Gasteiger partial charge in [0.1, 0.15) is 6.10 Å². The number of nitrogens with two attached hydrogens (primary N) is 1. The Hall–Kier alpha value is -3.39. The number of nitrogens with one attached hydrogen (secondary N) is 1. The number of hydrogen-bond acceptors (Lipinski definition) is 4. The highest BCUT2D eigenvalue weighted by Crippen LogP contribution is 2.34. The Bertz CT molecular complexity index is 1080. The Kier molecular flexibility index (Phi) is 4.48. The average Bonchev–Trinajstić information content (AvgIpc) is 3.32. The lowest BCUT2D eigenvalue weighted by Crippen LogP contribution is -2.41. The number of fused-ring (bicyclic) bond motifs is 1. The summed E-state index contributed by atoms with van der Waals surface area (Å²) >= 11 is 0. The molecule has 4 rings (SSSR count). The summed E-state index contributed by atoms with van der Waals surface area (Å²) in [6, 6.07) is 5.50. The Morgan fingerprint density at radius 2 is 2.25 bits per heavy atom. The summed E-state index contributed by atoms with van der Waals surface area (Å²) < 4.78 is 7.65. The molecule has 1 saturated heterocycles. The van der Waals surface area contributed by atoms with Crippen LogP contribution in [0.25, 0.3) is 22.2 Å². The molecule has 8 nitrogen and oxygen atoms in total. The molecule has 144 valence electrons. The first-order valence-corrected chi connectivity index (χ1v) is 8.95. The fourth-order valence-corrected chi connectivity index (χ4v) is 3.61. The summed E-state index contributed by atoms with van der Waals surface area (Å²) in [4.78, 5) is 28.9. The molecule has 0 radical (unpaired) electrons. The second kappa shape index (κ2) is 6.97. The number of aromatic nitrogens is 3. The third-order valence-corrected chi connectivity index (χ3v) is 5.01. The van der Waals surface area contributed by atoms with Crippen molar-refractivity contribution in [2.45, 2.75) is 6.10 Å². The molecular weight excluding hydrogens is 358 g/mol. The molecule has 28 heavy (non-hydrogen) atoms.